The summed E-state index contributed by atoms with van der Waals surface area (Å²) < 4.78 is 134. The van der Waals surface area contributed by atoms with Crippen LogP contribution in [0, 0.1) is 35.5 Å². The molecule has 107 heavy (non-hydrogen) atoms. The normalized spacial score (nSPS) is 51.2. The molecule has 600 valence electrons. The molecule has 0 aromatic heterocycles. The van der Waals surface area contributed by atoms with Crippen LogP contribution in [0.15, 0.2) is 48.6 Å². The molecular formula is C81H122N2O23S. The highest BCUT2D eigenvalue weighted by molar-refractivity contribution is 7.85. The van der Waals surface area contributed by atoms with Crippen molar-refractivity contribution < 1.29 is 109 Å². The molecule has 26 heteroatoms. The van der Waals surface area contributed by atoms with Gasteiger partial charge in [-0.25, -0.2) is 0 Å². The van der Waals surface area contributed by atoms with E-state index in [4.69, 9.17) is 91.8 Å². The molecule has 20 aliphatic heterocycles. The van der Waals surface area contributed by atoms with Gasteiger partial charge < -0.3 is 97.5 Å². The minimum Gasteiger partial charge on any atom is -0.392 e. The van der Waals surface area contributed by atoms with E-state index in [1.54, 1.807) is 0 Å². The van der Waals surface area contributed by atoms with E-state index in [1.165, 1.54) is 0 Å². The number of ketones is 2. The van der Waals surface area contributed by atoms with Gasteiger partial charge in [-0.1, -0.05) is 54.0 Å². The van der Waals surface area contributed by atoms with Crippen LogP contribution in [0.5, 0.6) is 0 Å². The van der Waals surface area contributed by atoms with E-state index < -0.39 is 33.9 Å². The van der Waals surface area contributed by atoms with Crippen LogP contribution in [-0.2, 0) is 95.5 Å². The van der Waals surface area contributed by atoms with Gasteiger partial charge in [-0.15, -0.1) is 0 Å². The van der Waals surface area contributed by atoms with Gasteiger partial charge in [-0.05, 0) is 148 Å². The third kappa shape index (κ3) is 16.3. The predicted octanol–water partition coefficient (Wildman–Crippen LogP) is 7.62. The van der Waals surface area contributed by atoms with Crippen molar-refractivity contribution in [3.8, 4) is 0 Å². The van der Waals surface area contributed by atoms with Crippen molar-refractivity contribution in [1.29, 1.82) is 0 Å². The average Bonchev–Trinajstić information content (AvgIpc) is 1.56. The van der Waals surface area contributed by atoms with Crippen molar-refractivity contribution in [3.63, 3.8) is 0 Å². The molecule has 20 heterocycles. The Hall–Kier alpha value is -2.59. The van der Waals surface area contributed by atoms with Gasteiger partial charge in [0.05, 0.1) is 128 Å². The molecule has 20 saturated heterocycles. The molecule has 0 aromatic carbocycles. The molecular weight excluding hydrogens is 1400 g/mol. The Kier molecular flexibility index (Phi) is 23.1. The maximum absolute atomic E-state index is 14.0. The first-order valence-corrected chi connectivity index (χ1v) is 43.0. The minimum atomic E-state index is -3.67. The van der Waals surface area contributed by atoms with E-state index in [0.717, 1.165) is 112 Å². The quantitative estimate of drug-likeness (QED) is 0.126. The van der Waals surface area contributed by atoms with E-state index in [9.17, 15) is 28.2 Å². The third-order valence-corrected chi connectivity index (χ3v) is 28.4. The van der Waals surface area contributed by atoms with Gasteiger partial charge >= 0.3 is 0 Å². The summed E-state index contributed by atoms with van der Waals surface area (Å²) >= 11 is 0. The van der Waals surface area contributed by atoms with Crippen molar-refractivity contribution in [2.24, 2.45) is 47.0 Å². The average molecular weight is 1520 g/mol. The van der Waals surface area contributed by atoms with Crippen LogP contribution in [-0.4, -0.2) is 249 Å². The number of carbonyl (C=O) groups is 2. The van der Waals surface area contributed by atoms with Crippen LogP contribution in [0.4, 0.5) is 0 Å². The Morgan fingerprint density at radius 1 is 0.411 bits per heavy atom. The molecule has 0 aliphatic carbocycles. The molecule has 0 aromatic rings. The van der Waals surface area contributed by atoms with Crippen LogP contribution >= 0.6 is 0 Å². The summed E-state index contributed by atoms with van der Waals surface area (Å²) in [5.74, 6) is -0.444. The SMILES string of the molecule is C=C1C[C@@H]2CC[C@@]34C[C@H]5OC6[C@@H](O[C@H]7CCC(CC(=O)C[C@@H]8[C@@H](C)[C@@H](C[C@H](O)CN)O[C@H]8CC8O[C@@H](CCC1O2)C[C@@H](C)C8=C)O[C@@H]7[C@@H]6O3)[C@H]5O4.C=C1C[C@@H]2CC[C@@]34C[C@H]5OC6[C@@H](O[C@H]7CCC(CC(=O)C[C@@H]8[C@@H](C)[C@@H](C[C@H](O)CN)O[C@H]8CC8O[C@@H](CCC1O2)C[C@@H](C)C8=C)O[C@@H]7[C@@H]6O3)[C@H]5O4.CS(=O)(=O)O. The molecule has 20 aliphatic rings. The highest BCUT2D eigenvalue weighted by atomic mass is 32.2. The molecule has 24 bridgehead atoms. The Labute approximate surface area is 631 Å². The number of hydrogen-bond donors (Lipinski definition) is 5. The lowest BCUT2D eigenvalue weighted by atomic mass is 9.78. The number of aliphatic hydroxyl groups excluding tert-OH is 2. The zero-order valence-corrected chi connectivity index (χ0v) is 64.3. The van der Waals surface area contributed by atoms with E-state index in [1.807, 2.05) is 0 Å². The Morgan fingerprint density at radius 2 is 0.766 bits per heavy atom. The monoisotopic (exact) mass is 1520 g/mol. The van der Waals surface area contributed by atoms with Crippen molar-refractivity contribution >= 4 is 21.7 Å². The van der Waals surface area contributed by atoms with E-state index in [0.29, 0.717) is 95.1 Å². The smallest absolute Gasteiger partial charge is 0.261 e. The fourth-order valence-corrected chi connectivity index (χ4v) is 22.6. The second kappa shape index (κ2) is 31.5. The van der Waals surface area contributed by atoms with Gasteiger partial charge in [0.1, 0.15) is 72.6 Å². The summed E-state index contributed by atoms with van der Waals surface area (Å²) in [7, 11) is -3.67. The number of nitrogens with two attached hydrogens (primary N) is 2. The fraction of sp³-hybridized carbons (Fsp3) is 0.877. The Bertz CT molecular complexity index is 3180. The predicted molar refractivity (Wildman–Crippen MR) is 387 cm³/mol. The highest BCUT2D eigenvalue weighted by Gasteiger charge is 2.71. The largest absolute Gasteiger partial charge is 0.392 e. The first-order chi connectivity index (χ1) is 51.1. The molecule has 7 N–H and O–H groups in total. The second-order valence-electron chi connectivity index (χ2n) is 35.9. The number of aliphatic hydroxyl groups is 2. The van der Waals surface area contributed by atoms with Crippen molar-refractivity contribution in [2.75, 3.05) is 19.3 Å². The summed E-state index contributed by atoms with van der Waals surface area (Å²) in [4.78, 5) is 28.0. The van der Waals surface area contributed by atoms with E-state index in [2.05, 4.69) is 54.0 Å². The van der Waals surface area contributed by atoms with Gasteiger partial charge in [0.2, 0.25) is 0 Å². The molecule has 0 amide bonds. The first kappa shape index (κ1) is 78.3. The summed E-state index contributed by atoms with van der Waals surface area (Å²) in [5, 5.41) is 21.0. The van der Waals surface area contributed by atoms with E-state index in [-0.39, 0.29) is 219 Å². The van der Waals surface area contributed by atoms with Gasteiger partial charge in [0, 0.05) is 90.1 Å². The van der Waals surface area contributed by atoms with Gasteiger partial charge in [-0.2, -0.15) is 8.42 Å². The zero-order valence-electron chi connectivity index (χ0n) is 63.5. The standard InChI is InChI=1S/2C40H59NO10.CH4O3S/c2*1-19-11-25-5-7-29-20(2)12-27(44-29)9-10-40-17-34-36(50-40)37-38(49-34)39(51-40)35-30(48-37)8-6-26(46-35)13-23(42)14-28-22(4)31(15-24(43)18-41)47-33(28)16-32(45-25)21(19)3;1-5(2,3)4/h2*19,22,24-39,43H,2-3,5-18,41H2,1,4H3;1H3,(H,2,3,4)/t2*19-,22-,24+,25+,26?,27+,28-,29?,30+,31-,32?,33+,34-,35+,36+,37+,38?,39+,40+;/m11./s1. The van der Waals surface area contributed by atoms with Gasteiger partial charge in [0.15, 0.2) is 11.6 Å². The molecule has 20 rings (SSSR count). The van der Waals surface area contributed by atoms with Crippen LogP contribution in [0.1, 0.15) is 195 Å². The molecule has 8 unspecified atom stereocenters. The fourth-order valence-electron chi connectivity index (χ4n) is 22.6. The Morgan fingerprint density at radius 3 is 1.17 bits per heavy atom. The van der Waals surface area contributed by atoms with Crippen molar-refractivity contribution in [3.05, 3.63) is 48.6 Å². The lowest BCUT2D eigenvalue weighted by molar-refractivity contribution is -0.292. The van der Waals surface area contributed by atoms with Crippen LogP contribution in [0.2, 0.25) is 0 Å². The van der Waals surface area contributed by atoms with Crippen molar-refractivity contribution in [1.82, 2.24) is 0 Å². The summed E-state index contributed by atoms with van der Waals surface area (Å²) in [6.45, 7) is 27.0. The number of rotatable bonds is 6. The maximum Gasteiger partial charge on any atom is 0.261 e. The van der Waals surface area contributed by atoms with Gasteiger partial charge in [-0.3, -0.25) is 14.1 Å². The zero-order chi connectivity index (χ0) is 74.9. The molecule has 25 nitrogen and oxygen atoms in total. The molecule has 2 spiro atoms. The Balaban J connectivity index is 0.000000154. The molecule has 38 atom stereocenters. The lowest BCUT2D eigenvalue weighted by Crippen LogP contribution is -2.61. The van der Waals surface area contributed by atoms with Gasteiger partial charge in [0.25, 0.3) is 10.1 Å². The number of Topliss-reactive ketones (excluding diaryl/α,β-unsaturated/α-hetero) is 2. The molecule has 20 fully saturated rings. The van der Waals surface area contributed by atoms with Crippen LogP contribution in [0.3, 0.4) is 0 Å². The lowest BCUT2D eigenvalue weighted by Gasteiger charge is -2.47. The van der Waals surface area contributed by atoms with Crippen molar-refractivity contribution in [2.45, 2.75) is 389 Å². The highest BCUT2D eigenvalue weighted by Crippen LogP contribution is 2.58. The number of fused-ring (bicyclic) bond motifs is 12. The second-order valence-corrected chi connectivity index (χ2v) is 37.4. The minimum absolute atomic E-state index is 0.00127. The summed E-state index contributed by atoms with van der Waals surface area (Å²) in [6, 6.07) is 0. The number of ether oxygens (including phenoxy) is 16. The summed E-state index contributed by atoms with van der Waals surface area (Å²) in [6.07, 6.45) is 13.6. The third-order valence-electron chi connectivity index (χ3n) is 28.4. The number of carbonyl (C=O) groups excluding carboxylic acids is 2. The topological polar surface area (TPSA) is 329 Å². The molecule has 0 radical (unpaired) electrons. The van der Waals surface area contributed by atoms with E-state index >= 15 is 0 Å². The van der Waals surface area contributed by atoms with Crippen LogP contribution < -0.4 is 11.5 Å². The van der Waals surface area contributed by atoms with Crippen LogP contribution in [0.25, 0.3) is 0 Å². The first-order valence-electron chi connectivity index (χ1n) is 41.1. The number of hydrogen-bond acceptors (Lipinski definition) is 24. The maximum atomic E-state index is 14.0. The summed E-state index contributed by atoms with van der Waals surface area (Å²) in [5.41, 5.74) is 16.1. The molecule has 0 saturated carbocycles.